The number of fused-ring (bicyclic) bond motifs is 1. The van der Waals surface area contributed by atoms with Gasteiger partial charge in [0.25, 0.3) is 0 Å². The van der Waals surface area contributed by atoms with Gasteiger partial charge < -0.3 is 15.8 Å². The fourth-order valence-corrected chi connectivity index (χ4v) is 1.90. The van der Waals surface area contributed by atoms with Crippen LogP contribution in [0.3, 0.4) is 0 Å². The topological polar surface area (TPSA) is 87.8 Å². The van der Waals surface area contributed by atoms with Crippen LogP contribution < -0.4 is 5.73 Å². The molecule has 2 heterocycles. The maximum Gasteiger partial charge on any atom is 0.220 e. The maximum atomic E-state index is 9.92. The van der Waals surface area contributed by atoms with Crippen molar-refractivity contribution in [1.29, 1.82) is 0 Å². The third-order valence-corrected chi connectivity index (χ3v) is 2.62. The van der Waals surface area contributed by atoms with Crippen molar-refractivity contribution in [1.82, 2.24) is 15.0 Å². The number of hydrogen-bond acceptors (Lipinski definition) is 4. The van der Waals surface area contributed by atoms with Gasteiger partial charge in [-0.2, -0.15) is 0 Å². The number of benzene rings is 1. The lowest BCUT2D eigenvalue weighted by atomic mass is 10.1. The Morgan fingerprint density at radius 1 is 1.18 bits per heavy atom. The van der Waals surface area contributed by atoms with Crippen molar-refractivity contribution >= 4 is 16.9 Å². The molecular formula is C12H10N4O. The molecule has 0 bridgehead atoms. The van der Waals surface area contributed by atoms with Gasteiger partial charge in [0.15, 0.2) is 5.88 Å². The normalized spacial score (nSPS) is 10.8. The lowest BCUT2D eigenvalue weighted by molar-refractivity contribution is 0.460. The van der Waals surface area contributed by atoms with Crippen LogP contribution in [0.25, 0.3) is 22.2 Å². The van der Waals surface area contributed by atoms with Crippen LogP contribution in [-0.4, -0.2) is 20.1 Å². The Morgan fingerprint density at radius 3 is 2.82 bits per heavy atom. The number of hydrogen-bond donors (Lipinski definition) is 3. The molecule has 3 aromatic rings. The lowest BCUT2D eigenvalue weighted by Crippen LogP contribution is -1.94. The van der Waals surface area contributed by atoms with Gasteiger partial charge in [-0.25, -0.2) is 9.97 Å². The molecule has 0 radical (unpaired) electrons. The standard InChI is InChI=1S/C12H10N4O/c13-12-14-6-5-9(16-12)10-7-3-1-2-4-8(7)15-11(10)17/h1-6,15,17H,(H2,13,14,16). The zero-order chi connectivity index (χ0) is 11.8. The highest BCUT2D eigenvalue weighted by molar-refractivity contribution is 5.97. The van der Waals surface area contributed by atoms with E-state index in [2.05, 4.69) is 15.0 Å². The molecule has 5 heteroatoms. The first-order valence-corrected chi connectivity index (χ1v) is 5.14. The predicted molar refractivity (Wildman–Crippen MR) is 65.4 cm³/mol. The Balaban J connectivity index is 2.33. The zero-order valence-corrected chi connectivity index (χ0v) is 8.88. The van der Waals surface area contributed by atoms with Gasteiger partial charge in [-0.05, 0) is 12.1 Å². The van der Waals surface area contributed by atoms with E-state index >= 15 is 0 Å². The number of H-pyrrole nitrogens is 1. The van der Waals surface area contributed by atoms with Crippen LogP contribution in [0.4, 0.5) is 5.95 Å². The van der Waals surface area contributed by atoms with Gasteiger partial charge in [-0.1, -0.05) is 18.2 Å². The molecule has 0 aliphatic rings. The van der Waals surface area contributed by atoms with Crippen LogP contribution >= 0.6 is 0 Å². The van der Waals surface area contributed by atoms with Gasteiger partial charge >= 0.3 is 0 Å². The molecule has 0 saturated heterocycles. The third-order valence-electron chi connectivity index (χ3n) is 2.62. The minimum atomic E-state index is 0.0873. The van der Waals surface area contributed by atoms with Crippen molar-refractivity contribution < 1.29 is 5.11 Å². The number of nitrogens with one attached hydrogen (secondary N) is 1. The van der Waals surface area contributed by atoms with E-state index in [4.69, 9.17) is 5.73 Å². The molecule has 0 aliphatic carbocycles. The summed E-state index contributed by atoms with van der Waals surface area (Å²) in [4.78, 5) is 10.8. The minimum Gasteiger partial charge on any atom is -0.494 e. The van der Waals surface area contributed by atoms with E-state index in [-0.39, 0.29) is 11.8 Å². The van der Waals surface area contributed by atoms with Gasteiger partial charge in [-0.15, -0.1) is 0 Å². The van der Waals surface area contributed by atoms with Crippen molar-refractivity contribution in [2.75, 3.05) is 5.73 Å². The molecular weight excluding hydrogens is 216 g/mol. The number of aromatic amines is 1. The van der Waals surface area contributed by atoms with Crippen LogP contribution in [0.2, 0.25) is 0 Å². The van der Waals surface area contributed by atoms with E-state index in [1.54, 1.807) is 12.3 Å². The molecule has 1 aromatic carbocycles. The molecule has 0 atom stereocenters. The van der Waals surface area contributed by atoms with Gasteiger partial charge in [0.2, 0.25) is 5.95 Å². The second kappa shape index (κ2) is 3.48. The summed E-state index contributed by atoms with van der Waals surface area (Å²) in [5.74, 6) is 0.275. The summed E-state index contributed by atoms with van der Waals surface area (Å²) in [6, 6.07) is 9.33. The van der Waals surface area contributed by atoms with E-state index in [0.717, 1.165) is 10.9 Å². The number of nitrogens with two attached hydrogens (primary N) is 1. The maximum absolute atomic E-state index is 9.92. The minimum absolute atomic E-state index is 0.0873. The molecule has 4 N–H and O–H groups in total. The largest absolute Gasteiger partial charge is 0.494 e. The SMILES string of the molecule is Nc1nccc(-c2c(O)[nH]c3ccccc23)n1. The zero-order valence-electron chi connectivity index (χ0n) is 8.88. The molecule has 0 saturated carbocycles. The molecule has 0 aliphatic heterocycles. The number of para-hydroxylation sites is 1. The molecule has 17 heavy (non-hydrogen) atoms. The Kier molecular flexibility index (Phi) is 1.98. The highest BCUT2D eigenvalue weighted by Crippen LogP contribution is 2.35. The van der Waals surface area contributed by atoms with Gasteiger partial charge in [0.1, 0.15) is 0 Å². The van der Waals surface area contributed by atoms with Gasteiger partial charge in [0.05, 0.1) is 11.3 Å². The number of aromatic nitrogens is 3. The average molecular weight is 226 g/mol. The van der Waals surface area contributed by atoms with Crippen molar-refractivity contribution in [3.63, 3.8) is 0 Å². The van der Waals surface area contributed by atoms with E-state index in [9.17, 15) is 5.11 Å². The molecule has 0 fully saturated rings. The second-order valence-corrected chi connectivity index (χ2v) is 3.69. The summed E-state index contributed by atoms with van der Waals surface area (Å²) in [6.45, 7) is 0. The molecule has 0 amide bonds. The average Bonchev–Trinajstić information content (AvgIpc) is 2.64. The molecule has 0 unspecified atom stereocenters. The summed E-state index contributed by atoms with van der Waals surface area (Å²) in [5.41, 5.74) is 7.66. The number of nitrogens with zero attached hydrogens (tertiary/aromatic N) is 2. The number of aromatic hydroxyl groups is 1. The quantitative estimate of drug-likeness (QED) is 0.591. The molecule has 3 rings (SSSR count). The van der Waals surface area contributed by atoms with Gasteiger partial charge in [-0.3, -0.25) is 0 Å². The highest BCUT2D eigenvalue weighted by atomic mass is 16.3. The van der Waals surface area contributed by atoms with Crippen LogP contribution in [-0.2, 0) is 0 Å². The number of anilines is 1. The molecule has 5 nitrogen and oxygen atoms in total. The summed E-state index contributed by atoms with van der Waals surface area (Å²) >= 11 is 0. The summed E-state index contributed by atoms with van der Waals surface area (Å²) < 4.78 is 0. The van der Waals surface area contributed by atoms with E-state index in [1.807, 2.05) is 24.3 Å². The third kappa shape index (κ3) is 1.48. The van der Waals surface area contributed by atoms with E-state index < -0.39 is 0 Å². The van der Waals surface area contributed by atoms with Crippen molar-refractivity contribution in [2.24, 2.45) is 0 Å². The smallest absolute Gasteiger partial charge is 0.220 e. The highest BCUT2D eigenvalue weighted by Gasteiger charge is 2.13. The monoisotopic (exact) mass is 226 g/mol. The van der Waals surface area contributed by atoms with Crippen LogP contribution in [0.15, 0.2) is 36.5 Å². The molecule has 84 valence electrons. The summed E-state index contributed by atoms with van der Waals surface area (Å²) in [7, 11) is 0. The Morgan fingerprint density at radius 2 is 2.00 bits per heavy atom. The number of rotatable bonds is 1. The summed E-state index contributed by atoms with van der Waals surface area (Å²) in [6.07, 6.45) is 1.57. The lowest BCUT2D eigenvalue weighted by Gasteiger charge is -2.00. The fourth-order valence-electron chi connectivity index (χ4n) is 1.90. The Bertz CT molecular complexity index is 690. The number of nitrogen functional groups attached to an aromatic ring is 1. The predicted octanol–water partition coefficient (Wildman–Crippen LogP) is 1.91. The fraction of sp³-hybridized carbons (Fsp3) is 0. The second-order valence-electron chi connectivity index (χ2n) is 3.69. The van der Waals surface area contributed by atoms with Crippen LogP contribution in [0.5, 0.6) is 5.88 Å². The summed E-state index contributed by atoms with van der Waals surface area (Å²) in [5, 5.41) is 10.8. The van der Waals surface area contributed by atoms with E-state index in [1.165, 1.54) is 0 Å². The first-order chi connectivity index (χ1) is 8.25. The van der Waals surface area contributed by atoms with Crippen molar-refractivity contribution in [3.05, 3.63) is 36.5 Å². The Labute approximate surface area is 97.0 Å². The van der Waals surface area contributed by atoms with Crippen molar-refractivity contribution in [2.45, 2.75) is 0 Å². The van der Waals surface area contributed by atoms with E-state index in [0.29, 0.717) is 11.3 Å². The van der Waals surface area contributed by atoms with Crippen molar-refractivity contribution in [3.8, 4) is 17.1 Å². The molecule has 0 spiro atoms. The first-order valence-electron chi connectivity index (χ1n) is 5.14. The first kappa shape index (κ1) is 9.65. The van der Waals surface area contributed by atoms with Crippen LogP contribution in [0.1, 0.15) is 0 Å². The molecule has 2 aromatic heterocycles. The Hall–Kier alpha value is -2.56. The van der Waals surface area contributed by atoms with Crippen LogP contribution in [0, 0.1) is 0 Å². The van der Waals surface area contributed by atoms with Gasteiger partial charge in [0, 0.05) is 17.1 Å².